The highest BCUT2D eigenvalue weighted by Gasteiger charge is 2.19. The number of fused-ring (bicyclic) bond motifs is 1. The van der Waals surface area contributed by atoms with Gasteiger partial charge in [0.2, 0.25) is 11.5 Å². The molecule has 0 saturated carbocycles. The molecule has 2 aromatic heterocycles. The minimum atomic E-state index is -0.617. The molecular formula is C16H11NO4. The molecule has 0 radical (unpaired) electrons. The van der Waals surface area contributed by atoms with E-state index in [2.05, 4.69) is 9.72 Å². The number of furan rings is 1. The van der Waals surface area contributed by atoms with E-state index in [1.165, 1.54) is 19.2 Å². The van der Waals surface area contributed by atoms with Crippen LogP contribution < -0.4 is 0 Å². The molecule has 0 amide bonds. The second-order valence-corrected chi connectivity index (χ2v) is 4.36. The van der Waals surface area contributed by atoms with Crippen molar-refractivity contribution in [3.05, 3.63) is 65.7 Å². The zero-order chi connectivity index (χ0) is 14.8. The first kappa shape index (κ1) is 13.1. The van der Waals surface area contributed by atoms with E-state index >= 15 is 0 Å². The van der Waals surface area contributed by atoms with Crippen LogP contribution in [0, 0.1) is 0 Å². The van der Waals surface area contributed by atoms with Crippen molar-refractivity contribution in [2.45, 2.75) is 0 Å². The van der Waals surface area contributed by atoms with Crippen molar-refractivity contribution in [3.8, 4) is 0 Å². The second kappa shape index (κ2) is 5.20. The number of methoxy groups -OCH3 is 1. The third kappa shape index (κ3) is 2.29. The molecule has 2 heterocycles. The fraction of sp³-hybridized carbons (Fsp3) is 0.0625. The fourth-order valence-electron chi connectivity index (χ4n) is 2.10. The summed E-state index contributed by atoms with van der Waals surface area (Å²) < 4.78 is 9.81. The number of carbonyl (C=O) groups is 2. The molecule has 0 unspecified atom stereocenters. The minimum absolute atomic E-state index is 0.000730. The number of hydrogen-bond donors (Lipinski definition) is 0. The van der Waals surface area contributed by atoms with Crippen LogP contribution in [0.5, 0.6) is 0 Å². The third-order valence-corrected chi connectivity index (χ3v) is 3.11. The largest absolute Gasteiger partial charge is 0.463 e. The number of nitrogens with zero attached hydrogens (tertiary/aromatic N) is 1. The lowest BCUT2D eigenvalue weighted by molar-refractivity contribution is 0.0563. The molecule has 0 atom stereocenters. The molecule has 0 saturated heterocycles. The van der Waals surface area contributed by atoms with Crippen molar-refractivity contribution in [3.63, 3.8) is 0 Å². The lowest BCUT2D eigenvalue weighted by Gasteiger charge is -2.03. The lowest BCUT2D eigenvalue weighted by Crippen LogP contribution is -2.02. The molecule has 0 aliphatic rings. The highest BCUT2D eigenvalue weighted by Crippen LogP contribution is 2.21. The van der Waals surface area contributed by atoms with Gasteiger partial charge in [0.05, 0.1) is 12.6 Å². The predicted octanol–water partition coefficient (Wildman–Crippen LogP) is 2.85. The van der Waals surface area contributed by atoms with Crippen LogP contribution in [0.4, 0.5) is 0 Å². The maximum absolute atomic E-state index is 12.5. The monoisotopic (exact) mass is 281 g/mol. The van der Waals surface area contributed by atoms with Gasteiger partial charge in [-0.25, -0.2) is 4.79 Å². The van der Waals surface area contributed by atoms with E-state index in [0.29, 0.717) is 5.56 Å². The quantitative estimate of drug-likeness (QED) is 0.545. The van der Waals surface area contributed by atoms with Crippen molar-refractivity contribution in [1.29, 1.82) is 0 Å². The second-order valence-electron chi connectivity index (χ2n) is 4.36. The lowest BCUT2D eigenvalue weighted by atomic mass is 10.0. The summed E-state index contributed by atoms with van der Waals surface area (Å²) in [4.78, 5) is 28.1. The number of esters is 1. The number of aromatic nitrogens is 1. The number of benzene rings is 1. The van der Waals surface area contributed by atoms with Gasteiger partial charge >= 0.3 is 5.97 Å². The van der Waals surface area contributed by atoms with Gasteiger partial charge in [0.25, 0.3) is 0 Å². The van der Waals surface area contributed by atoms with Gasteiger partial charge < -0.3 is 9.15 Å². The molecule has 0 aliphatic carbocycles. The Morgan fingerprint density at radius 3 is 2.67 bits per heavy atom. The SMILES string of the molecule is COC(=O)c1ccc(C(=O)c2cccc3ncccc23)o1. The van der Waals surface area contributed by atoms with Crippen LogP contribution in [-0.4, -0.2) is 23.8 Å². The van der Waals surface area contributed by atoms with Crippen molar-refractivity contribution >= 4 is 22.7 Å². The standard InChI is InChI=1S/C16H11NO4/c1-20-16(19)14-8-7-13(21-14)15(18)11-4-2-6-12-10(11)5-3-9-17-12/h2-9H,1H3. The number of hydrogen-bond acceptors (Lipinski definition) is 5. The summed E-state index contributed by atoms with van der Waals surface area (Å²) in [5, 5.41) is 0.737. The zero-order valence-corrected chi connectivity index (χ0v) is 11.2. The number of ether oxygens (including phenoxy) is 1. The van der Waals surface area contributed by atoms with Crippen LogP contribution in [0.25, 0.3) is 10.9 Å². The highest BCUT2D eigenvalue weighted by atomic mass is 16.5. The summed E-state index contributed by atoms with van der Waals surface area (Å²) in [7, 11) is 1.25. The molecule has 5 nitrogen and oxygen atoms in total. The molecule has 1 aromatic carbocycles. The topological polar surface area (TPSA) is 69.4 Å². The van der Waals surface area contributed by atoms with Gasteiger partial charge in [0.1, 0.15) is 0 Å². The van der Waals surface area contributed by atoms with Crippen LogP contribution in [-0.2, 0) is 4.74 Å². The molecule has 0 spiro atoms. The van der Waals surface area contributed by atoms with Crippen LogP contribution in [0.3, 0.4) is 0 Å². The van der Waals surface area contributed by atoms with Gasteiger partial charge in [0.15, 0.2) is 5.76 Å². The van der Waals surface area contributed by atoms with E-state index in [4.69, 9.17) is 4.42 Å². The highest BCUT2D eigenvalue weighted by molar-refractivity contribution is 6.14. The van der Waals surface area contributed by atoms with Crippen LogP contribution in [0.15, 0.2) is 53.1 Å². The summed E-state index contributed by atoms with van der Waals surface area (Å²) in [5.74, 6) is -0.830. The molecule has 104 valence electrons. The Kier molecular flexibility index (Phi) is 3.23. The predicted molar refractivity (Wildman–Crippen MR) is 75.2 cm³/mol. The Bertz CT molecular complexity index is 830. The smallest absolute Gasteiger partial charge is 0.373 e. The first-order valence-electron chi connectivity index (χ1n) is 6.27. The van der Waals surface area contributed by atoms with E-state index in [1.54, 1.807) is 24.4 Å². The van der Waals surface area contributed by atoms with Crippen molar-refractivity contribution in [2.75, 3.05) is 7.11 Å². The van der Waals surface area contributed by atoms with E-state index in [9.17, 15) is 9.59 Å². The van der Waals surface area contributed by atoms with Crippen LogP contribution >= 0.6 is 0 Å². The van der Waals surface area contributed by atoms with E-state index in [-0.39, 0.29) is 17.3 Å². The zero-order valence-electron chi connectivity index (χ0n) is 11.2. The van der Waals surface area contributed by atoms with Crippen molar-refractivity contribution in [2.24, 2.45) is 0 Å². The van der Waals surface area contributed by atoms with Gasteiger partial charge in [0, 0.05) is 17.1 Å². The molecule has 5 heteroatoms. The van der Waals surface area contributed by atoms with Gasteiger partial charge in [-0.2, -0.15) is 0 Å². The molecule has 0 fully saturated rings. The van der Waals surface area contributed by atoms with E-state index in [1.807, 2.05) is 12.1 Å². The molecule has 0 bridgehead atoms. The molecule has 3 rings (SSSR count). The van der Waals surface area contributed by atoms with Crippen molar-refractivity contribution in [1.82, 2.24) is 4.98 Å². The summed E-state index contributed by atoms with van der Waals surface area (Å²) in [6.07, 6.45) is 1.67. The average molecular weight is 281 g/mol. The molecular weight excluding hydrogens is 270 g/mol. The Labute approximate surface area is 120 Å². The van der Waals surface area contributed by atoms with Crippen LogP contribution in [0.2, 0.25) is 0 Å². The number of rotatable bonds is 3. The number of pyridine rings is 1. The summed E-state index contributed by atoms with van der Waals surface area (Å²) in [5.41, 5.74) is 1.20. The molecule has 0 aliphatic heterocycles. The molecule has 21 heavy (non-hydrogen) atoms. The maximum atomic E-state index is 12.5. The number of carbonyl (C=O) groups excluding carboxylic acids is 2. The Hall–Kier alpha value is -2.95. The van der Waals surface area contributed by atoms with Gasteiger partial charge in [-0.1, -0.05) is 18.2 Å². The Morgan fingerprint density at radius 2 is 1.86 bits per heavy atom. The van der Waals surface area contributed by atoms with E-state index in [0.717, 1.165) is 10.9 Å². The van der Waals surface area contributed by atoms with Gasteiger partial charge in [-0.05, 0) is 24.3 Å². The summed E-state index contributed by atoms with van der Waals surface area (Å²) in [6, 6.07) is 11.8. The average Bonchev–Trinajstić information content (AvgIpc) is 3.03. The normalized spacial score (nSPS) is 10.5. The maximum Gasteiger partial charge on any atom is 0.373 e. The van der Waals surface area contributed by atoms with E-state index < -0.39 is 5.97 Å². The first-order valence-corrected chi connectivity index (χ1v) is 6.27. The summed E-state index contributed by atoms with van der Waals surface area (Å²) >= 11 is 0. The number of ketones is 1. The van der Waals surface area contributed by atoms with Gasteiger partial charge in [-0.3, -0.25) is 9.78 Å². The third-order valence-electron chi connectivity index (χ3n) is 3.11. The molecule has 0 N–H and O–H groups in total. The fourth-order valence-corrected chi connectivity index (χ4v) is 2.10. The Balaban J connectivity index is 2.05. The van der Waals surface area contributed by atoms with Crippen LogP contribution in [0.1, 0.15) is 26.7 Å². The van der Waals surface area contributed by atoms with Crippen molar-refractivity contribution < 1.29 is 18.7 Å². The molecule has 3 aromatic rings. The first-order chi connectivity index (χ1) is 10.2. The minimum Gasteiger partial charge on any atom is -0.463 e. The Morgan fingerprint density at radius 1 is 1.05 bits per heavy atom. The summed E-state index contributed by atoms with van der Waals surface area (Å²) in [6.45, 7) is 0. The van der Waals surface area contributed by atoms with Gasteiger partial charge in [-0.15, -0.1) is 0 Å².